The molecule has 0 fully saturated rings. The molecule has 2 rings (SSSR count). The molecule has 0 saturated carbocycles. The first-order valence-electron chi connectivity index (χ1n) is 8.76. The van der Waals surface area contributed by atoms with Crippen molar-refractivity contribution in [3.63, 3.8) is 0 Å². The molecular weight excluding hydrogens is 344 g/mol. The van der Waals surface area contributed by atoms with Crippen molar-refractivity contribution < 1.29 is 19.5 Å². The van der Waals surface area contributed by atoms with Gasteiger partial charge in [-0.05, 0) is 42.2 Å². The van der Waals surface area contributed by atoms with E-state index in [1.165, 1.54) is 0 Å². The van der Waals surface area contributed by atoms with Crippen LogP contribution in [0.3, 0.4) is 0 Å². The van der Waals surface area contributed by atoms with Gasteiger partial charge >= 0.3 is 5.97 Å². The highest BCUT2D eigenvalue weighted by Crippen LogP contribution is 2.14. The van der Waals surface area contributed by atoms with Gasteiger partial charge in [0.05, 0.1) is 6.42 Å². The number of aryl methyl sites for hydroxylation is 1. The predicted molar refractivity (Wildman–Crippen MR) is 104 cm³/mol. The number of carbonyl (C=O) groups excluding carboxylic acids is 2. The van der Waals surface area contributed by atoms with Crippen LogP contribution in [0.4, 0.5) is 5.69 Å². The summed E-state index contributed by atoms with van der Waals surface area (Å²) in [4.78, 5) is 35.9. The number of carboxylic acid groups (broad SMARTS) is 1. The zero-order valence-corrected chi connectivity index (χ0v) is 15.7. The lowest BCUT2D eigenvalue weighted by atomic mass is 10.0. The van der Waals surface area contributed by atoms with Gasteiger partial charge in [0.15, 0.2) is 0 Å². The van der Waals surface area contributed by atoms with Crippen molar-refractivity contribution in [1.82, 2.24) is 5.32 Å². The van der Waals surface area contributed by atoms with E-state index in [2.05, 4.69) is 10.6 Å². The molecule has 0 aliphatic heterocycles. The van der Waals surface area contributed by atoms with Crippen LogP contribution in [0.5, 0.6) is 0 Å². The molecule has 6 nitrogen and oxygen atoms in total. The van der Waals surface area contributed by atoms with Crippen molar-refractivity contribution in [3.8, 4) is 0 Å². The molecule has 3 N–H and O–H groups in total. The summed E-state index contributed by atoms with van der Waals surface area (Å²) in [6.07, 6.45) is -0.0741. The minimum Gasteiger partial charge on any atom is -0.481 e. The van der Waals surface area contributed by atoms with Gasteiger partial charge in [-0.15, -0.1) is 0 Å². The topological polar surface area (TPSA) is 95.5 Å². The van der Waals surface area contributed by atoms with Gasteiger partial charge in [0, 0.05) is 11.3 Å². The van der Waals surface area contributed by atoms with Gasteiger partial charge in [0.25, 0.3) is 5.91 Å². The Balaban J connectivity index is 2.07. The van der Waals surface area contributed by atoms with Crippen molar-refractivity contribution in [3.05, 3.63) is 65.2 Å². The molecule has 2 amide bonds. The summed E-state index contributed by atoms with van der Waals surface area (Å²) in [5, 5.41) is 14.4. The van der Waals surface area contributed by atoms with E-state index in [1.54, 1.807) is 36.4 Å². The van der Waals surface area contributed by atoms with E-state index < -0.39 is 12.0 Å². The fourth-order valence-electron chi connectivity index (χ4n) is 2.68. The number of carboxylic acids is 1. The van der Waals surface area contributed by atoms with Crippen molar-refractivity contribution in [2.75, 3.05) is 5.32 Å². The lowest BCUT2D eigenvalue weighted by Gasteiger charge is -2.22. The number of anilines is 1. The summed E-state index contributed by atoms with van der Waals surface area (Å²) in [5.41, 5.74) is 2.57. The molecule has 0 aromatic heterocycles. The molecular formula is C21H24N2O4. The molecule has 6 heteroatoms. The third-order valence-electron chi connectivity index (χ3n) is 4.20. The largest absolute Gasteiger partial charge is 0.481 e. The van der Waals surface area contributed by atoms with Crippen LogP contribution in [0, 0.1) is 12.8 Å². The van der Waals surface area contributed by atoms with E-state index >= 15 is 0 Å². The first kappa shape index (κ1) is 20.2. The van der Waals surface area contributed by atoms with Gasteiger partial charge in [-0.1, -0.05) is 44.2 Å². The third-order valence-corrected chi connectivity index (χ3v) is 4.20. The van der Waals surface area contributed by atoms with E-state index in [-0.39, 0.29) is 24.2 Å². The summed E-state index contributed by atoms with van der Waals surface area (Å²) in [7, 11) is 0. The maximum atomic E-state index is 12.6. The highest BCUT2D eigenvalue weighted by Gasteiger charge is 2.25. The second kappa shape index (κ2) is 8.98. The standard InChI is InChI=1S/C21H24N2O4/c1-13(2)19(23-20(26)17-7-5-4-6-14(17)3)21(27)22-16-10-8-15(9-11-16)12-18(24)25/h4-11,13,19H,12H2,1-3H3,(H,22,27)(H,23,26)(H,24,25). The lowest BCUT2D eigenvalue weighted by molar-refractivity contribution is -0.136. The van der Waals surface area contributed by atoms with Crippen LogP contribution < -0.4 is 10.6 Å². The number of carbonyl (C=O) groups is 3. The molecule has 27 heavy (non-hydrogen) atoms. The summed E-state index contributed by atoms with van der Waals surface area (Å²) < 4.78 is 0. The Hall–Kier alpha value is -3.15. The molecule has 0 saturated heterocycles. The Labute approximate surface area is 158 Å². The van der Waals surface area contributed by atoms with E-state index in [4.69, 9.17) is 5.11 Å². The summed E-state index contributed by atoms with van der Waals surface area (Å²) in [6, 6.07) is 13.1. The molecule has 2 aromatic rings. The van der Waals surface area contributed by atoms with E-state index in [0.29, 0.717) is 16.8 Å². The summed E-state index contributed by atoms with van der Waals surface area (Å²) >= 11 is 0. The van der Waals surface area contributed by atoms with Crippen LogP contribution in [0.1, 0.15) is 35.3 Å². The number of rotatable bonds is 7. The van der Waals surface area contributed by atoms with Crippen molar-refractivity contribution in [2.24, 2.45) is 5.92 Å². The van der Waals surface area contributed by atoms with Gasteiger partial charge < -0.3 is 15.7 Å². The number of aliphatic carboxylic acids is 1. The highest BCUT2D eigenvalue weighted by molar-refractivity contribution is 6.01. The van der Waals surface area contributed by atoms with Gasteiger partial charge in [-0.2, -0.15) is 0 Å². The van der Waals surface area contributed by atoms with Crippen LogP contribution in [0.2, 0.25) is 0 Å². The van der Waals surface area contributed by atoms with Crippen molar-refractivity contribution in [2.45, 2.75) is 33.2 Å². The van der Waals surface area contributed by atoms with E-state index in [0.717, 1.165) is 5.56 Å². The monoisotopic (exact) mass is 368 g/mol. The Morgan fingerprint density at radius 1 is 1.00 bits per heavy atom. The zero-order valence-electron chi connectivity index (χ0n) is 15.7. The summed E-state index contributed by atoms with van der Waals surface area (Å²) in [5.74, 6) is -1.63. The Morgan fingerprint density at radius 3 is 2.19 bits per heavy atom. The molecule has 0 bridgehead atoms. The van der Waals surface area contributed by atoms with Crippen molar-refractivity contribution >= 4 is 23.5 Å². The van der Waals surface area contributed by atoms with Crippen LogP contribution in [0.25, 0.3) is 0 Å². The Bertz CT molecular complexity index is 828. The van der Waals surface area contributed by atoms with Crippen LogP contribution in [-0.2, 0) is 16.0 Å². The number of hydrogen-bond donors (Lipinski definition) is 3. The zero-order chi connectivity index (χ0) is 20.0. The number of benzene rings is 2. The van der Waals surface area contributed by atoms with Gasteiger partial charge in [0.1, 0.15) is 6.04 Å². The average molecular weight is 368 g/mol. The van der Waals surface area contributed by atoms with E-state index in [1.807, 2.05) is 32.9 Å². The quantitative estimate of drug-likeness (QED) is 0.700. The molecule has 2 aromatic carbocycles. The first-order chi connectivity index (χ1) is 12.8. The molecule has 0 heterocycles. The second-order valence-corrected chi connectivity index (χ2v) is 6.77. The Kier molecular flexibility index (Phi) is 6.71. The fraction of sp³-hybridized carbons (Fsp3) is 0.286. The van der Waals surface area contributed by atoms with Gasteiger partial charge in [0.2, 0.25) is 5.91 Å². The third kappa shape index (κ3) is 5.67. The van der Waals surface area contributed by atoms with Crippen LogP contribution in [-0.4, -0.2) is 28.9 Å². The van der Waals surface area contributed by atoms with Crippen molar-refractivity contribution in [1.29, 1.82) is 0 Å². The smallest absolute Gasteiger partial charge is 0.307 e. The predicted octanol–water partition coefficient (Wildman–Crippen LogP) is 3.02. The first-order valence-corrected chi connectivity index (χ1v) is 8.76. The van der Waals surface area contributed by atoms with Gasteiger partial charge in [-0.25, -0.2) is 0 Å². The molecule has 0 aliphatic rings. The summed E-state index contributed by atoms with van der Waals surface area (Å²) in [6.45, 7) is 5.56. The minimum absolute atomic E-state index is 0.0741. The molecule has 142 valence electrons. The normalized spacial score (nSPS) is 11.7. The lowest BCUT2D eigenvalue weighted by Crippen LogP contribution is -2.47. The van der Waals surface area contributed by atoms with Crippen LogP contribution in [0.15, 0.2) is 48.5 Å². The fourth-order valence-corrected chi connectivity index (χ4v) is 2.68. The molecule has 0 aliphatic carbocycles. The number of nitrogens with one attached hydrogen (secondary N) is 2. The SMILES string of the molecule is Cc1ccccc1C(=O)NC(C(=O)Nc1ccc(CC(=O)O)cc1)C(C)C. The molecule has 0 spiro atoms. The number of amides is 2. The molecule has 0 radical (unpaired) electrons. The minimum atomic E-state index is -0.912. The average Bonchev–Trinajstić information content (AvgIpc) is 2.60. The Morgan fingerprint density at radius 2 is 1.63 bits per heavy atom. The second-order valence-electron chi connectivity index (χ2n) is 6.77. The molecule has 1 atom stereocenters. The van der Waals surface area contributed by atoms with Crippen LogP contribution >= 0.6 is 0 Å². The molecule has 1 unspecified atom stereocenters. The number of hydrogen-bond acceptors (Lipinski definition) is 3. The van der Waals surface area contributed by atoms with Gasteiger partial charge in [-0.3, -0.25) is 14.4 Å². The maximum Gasteiger partial charge on any atom is 0.307 e. The highest BCUT2D eigenvalue weighted by atomic mass is 16.4. The van der Waals surface area contributed by atoms with E-state index in [9.17, 15) is 14.4 Å². The maximum absolute atomic E-state index is 12.6.